The van der Waals surface area contributed by atoms with E-state index in [1.807, 2.05) is 10.9 Å². The zero-order valence-electron chi connectivity index (χ0n) is 17.5. The van der Waals surface area contributed by atoms with E-state index in [2.05, 4.69) is 27.3 Å². The van der Waals surface area contributed by atoms with E-state index in [1.54, 1.807) is 29.7 Å². The van der Waals surface area contributed by atoms with E-state index in [0.29, 0.717) is 24.5 Å². The molecule has 0 aromatic carbocycles. The summed E-state index contributed by atoms with van der Waals surface area (Å²) in [6.07, 6.45) is 5.83. The number of methoxy groups -OCH3 is 1. The molecule has 4 rings (SSSR count). The number of aromatic nitrogens is 6. The minimum Gasteiger partial charge on any atom is -0.479 e. The second-order valence-corrected chi connectivity index (χ2v) is 8.27. The number of hydrogen-bond donors (Lipinski definition) is 1. The first-order valence-electron chi connectivity index (χ1n) is 10.1. The van der Waals surface area contributed by atoms with Gasteiger partial charge in [-0.05, 0) is 18.6 Å². The molecule has 0 radical (unpaired) electrons. The highest BCUT2D eigenvalue weighted by Crippen LogP contribution is 2.29. The van der Waals surface area contributed by atoms with Crippen molar-refractivity contribution in [2.45, 2.75) is 31.5 Å². The lowest BCUT2D eigenvalue weighted by Gasteiger charge is -2.17. The number of rotatable bonds is 8. The Hall–Kier alpha value is -2.82. The molecule has 30 heavy (non-hydrogen) atoms. The molecule has 1 amide bonds. The van der Waals surface area contributed by atoms with E-state index in [0.717, 1.165) is 40.9 Å². The van der Waals surface area contributed by atoms with E-state index in [9.17, 15) is 4.79 Å². The first-order chi connectivity index (χ1) is 14.6. The molecule has 0 bridgehead atoms. The first-order valence-corrected chi connectivity index (χ1v) is 11.1. The number of hydrogen-bond acceptors (Lipinski definition) is 8. The van der Waals surface area contributed by atoms with Crippen LogP contribution in [0.5, 0.6) is 5.88 Å². The van der Waals surface area contributed by atoms with Crippen molar-refractivity contribution in [1.82, 2.24) is 34.8 Å². The smallest absolute Gasteiger partial charge is 0.258 e. The van der Waals surface area contributed by atoms with Crippen molar-refractivity contribution in [3.8, 4) is 5.88 Å². The summed E-state index contributed by atoms with van der Waals surface area (Å²) in [4.78, 5) is 24.3. The van der Waals surface area contributed by atoms with Crippen molar-refractivity contribution in [3.05, 3.63) is 18.0 Å². The molecule has 0 atom stereocenters. The molecule has 1 fully saturated rings. The molecule has 1 N–H and O–H groups in total. The van der Waals surface area contributed by atoms with Crippen molar-refractivity contribution in [1.29, 1.82) is 0 Å². The predicted octanol–water partition coefficient (Wildman–Crippen LogP) is 1.71. The van der Waals surface area contributed by atoms with Crippen molar-refractivity contribution in [2.24, 2.45) is 7.05 Å². The number of thioether (sulfide) groups is 1. The SMILES string of the molecule is CCSc1nc(N2CCCC2)c2cnn(CCNC(=O)c3cn(C)nc3OC)c2n1. The molecule has 0 saturated carbocycles. The third-order valence-corrected chi connectivity index (χ3v) is 5.71. The number of carbonyl (C=O) groups is 1. The lowest BCUT2D eigenvalue weighted by molar-refractivity contribution is 0.0949. The highest BCUT2D eigenvalue weighted by atomic mass is 32.2. The number of aryl methyl sites for hydroxylation is 1. The summed E-state index contributed by atoms with van der Waals surface area (Å²) in [6.45, 7) is 5.03. The van der Waals surface area contributed by atoms with Crippen molar-refractivity contribution in [3.63, 3.8) is 0 Å². The number of nitrogens with zero attached hydrogens (tertiary/aromatic N) is 7. The summed E-state index contributed by atoms with van der Waals surface area (Å²) < 4.78 is 8.55. The van der Waals surface area contributed by atoms with Crippen LogP contribution in [0.4, 0.5) is 5.82 Å². The quantitative estimate of drug-likeness (QED) is 0.426. The van der Waals surface area contributed by atoms with Crippen LogP contribution < -0.4 is 15.0 Å². The third-order valence-electron chi connectivity index (χ3n) is 4.98. The Labute approximate surface area is 179 Å². The van der Waals surface area contributed by atoms with Crippen LogP contribution in [0.15, 0.2) is 17.6 Å². The summed E-state index contributed by atoms with van der Waals surface area (Å²) in [7, 11) is 3.25. The molecule has 0 unspecified atom stereocenters. The maximum atomic E-state index is 12.5. The van der Waals surface area contributed by atoms with E-state index in [-0.39, 0.29) is 5.91 Å². The zero-order chi connectivity index (χ0) is 21.1. The van der Waals surface area contributed by atoms with Gasteiger partial charge in [0.1, 0.15) is 11.4 Å². The van der Waals surface area contributed by atoms with Crippen molar-refractivity contribution >= 4 is 34.5 Å². The Morgan fingerprint density at radius 3 is 2.83 bits per heavy atom. The van der Waals surface area contributed by atoms with Gasteiger partial charge in [0.05, 0.1) is 25.2 Å². The van der Waals surface area contributed by atoms with Crippen LogP contribution in [0.3, 0.4) is 0 Å². The number of ether oxygens (including phenoxy) is 1. The molecule has 1 saturated heterocycles. The highest BCUT2D eigenvalue weighted by Gasteiger charge is 2.21. The molecule has 1 aliphatic rings. The molecule has 3 aromatic heterocycles. The number of amides is 1. The number of carbonyl (C=O) groups excluding carboxylic acids is 1. The average Bonchev–Trinajstić information content (AvgIpc) is 3.47. The lowest BCUT2D eigenvalue weighted by Crippen LogP contribution is -2.27. The summed E-state index contributed by atoms with van der Waals surface area (Å²) in [5.41, 5.74) is 1.21. The van der Waals surface area contributed by atoms with Crippen molar-refractivity contribution in [2.75, 3.05) is 37.4 Å². The van der Waals surface area contributed by atoms with Crippen LogP contribution in [0.25, 0.3) is 11.0 Å². The fraction of sp³-hybridized carbons (Fsp3) is 0.526. The molecular formula is C19H26N8O2S. The second kappa shape index (κ2) is 8.90. The van der Waals surface area contributed by atoms with E-state index in [4.69, 9.17) is 14.7 Å². The van der Waals surface area contributed by atoms with E-state index >= 15 is 0 Å². The van der Waals surface area contributed by atoms with Crippen molar-refractivity contribution < 1.29 is 9.53 Å². The van der Waals surface area contributed by atoms with Crippen LogP contribution in [-0.2, 0) is 13.6 Å². The predicted molar refractivity (Wildman–Crippen MR) is 115 cm³/mol. The van der Waals surface area contributed by atoms with Gasteiger partial charge in [0, 0.05) is 32.9 Å². The maximum absolute atomic E-state index is 12.5. The average molecular weight is 431 g/mol. The van der Waals surface area contributed by atoms with Crippen LogP contribution >= 0.6 is 11.8 Å². The standard InChI is InChI=1S/C19H26N8O2S/c1-4-30-19-22-15(26-8-5-6-9-26)13-11-21-27(16(13)23-19)10-7-20-17(28)14-12-25(2)24-18(14)29-3/h11-12H,4-10H2,1-3H3,(H,20,28). The van der Waals surface area contributed by atoms with Crippen LogP contribution in [0.1, 0.15) is 30.1 Å². The van der Waals surface area contributed by atoms with Gasteiger partial charge in [0.2, 0.25) is 5.88 Å². The third kappa shape index (κ3) is 4.07. The number of anilines is 1. The van der Waals surface area contributed by atoms with Crippen LogP contribution in [0, 0.1) is 0 Å². The zero-order valence-corrected chi connectivity index (χ0v) is 18.3. The largest absolute Gasteiger partial charge is 0.479 e. The molecule has 0 spiro atoms. The Bertz CT molecular complexity index is 1040. The fourth-order valence-corrected chi connectivity index (χ4v) is 4.15. The Morgan fingerprint density at radius 1 is 1.30 bits per heavy atom. The summed E-state index contributed by atoms with van der Waals surface area (Å²) in [6, 6.07) is 0. The normalized spacial score (nSPS) is 13.9. The first kappa shape index (κ1) is 20.5. The minimum absolute atomic E-state index is 0.231. The van der Waals surface area contributed by atoms with E-state index in [1.165, 1.54) is 20.0 Å². The van der Waals surface area contributed by atoms with Crippen LogP contribution in [-0.4, -0.2) is 67.9 Å². The number of fused-ring (bicyclic) bond motifs is 1. The van der Waals surface area contributed by atoms with Gasteiger partial charge >= 0.3 is 0 Å². The molecule has 3 aromatic rings. The van der Waals surface area contributed by atoms with Gasteiger partial charge in [-0.2, -0.15) is 5.10 Å². The Balaban J connectivity index is 1.52. The van der Waals surface area contributed by atoms with Crippen LogP contribution in [0.2, 0.25) is 0 Å². The fourth-order valence-electron chi connectivity index (χ4n) is 3.59. The Morgan fingerprint density at radius 2 is 2.10 bits per heavy atom. The molecular weight excluding hydrogens is 404 g/mol. The van der Waals surface area contributed by atoms with Gasteiger partial charge in [-0.3, -0.25) is 9.48 Å². The highest BCUT2D eigenvalue weighted by molar-refractivity contribution is 7.99. The minimum atomic E-state index is -0.231. The second-order valence-electron chi connectivity index (χ2n) is 7.04. The monoisotopic (exact) mass is 430 g/mol. The van der Waals surface area contributed by atoms with E-state index < -0.39 is 0 Å². The topological polar surface area (TPSA) is 103 Å². The van der Waals surface area contributed by atoms with Gasteiger partial charge in [-0.25, -0.2) is 14.6 Å². The lowest BCUT2D eigenvalue weighted by atomic mass is 10.3. The van der Waals surface area contributed by atoms with Gasteiger partial charge < -0.3 is 15.0 Å². The molecule has 10 nitrogen and oxygen atoms in total. The molecule has 4 heterocycles. The summed E-state index contributed by atoms with van der Waals surface area (Å²) >= 11 is 1.62. The van der Waals surface area contributed by atoms with Gasteiger partial charge in [-0.15, -0.1) is 5.10 Å². The summed E-state index contributed by atoms with van der Waals surface area (Å²) in [5.74, 6) is 1.95. The molecule has 11 heteroatoms. The molecule has 1 aliphatic heterocycles. The van der Waals surface area contributed by atoms with Gasteiger partial charge in [0.15, 0.2) is 10.8 Å². The molecule has 160 valence electrons. The molecule has 0 aliphatic carbocycles. The summed E-state index contributed by atoms with van der Waals surface area (Å²) in [5, 5.41) is 13.3. The Kier molecular flexibility index (Phi) is 6.07. The van der Waals surface area contributed by atoms with Gasteiger partial charge in [-0.1, -0.05) is 18.7 Å². The maximum Gasteiger partial charge on any atom is 0.258 e. The number of nitrogens with one attached hydrogen (secondary N) is 1. The van der Waals surface area contributed by atoms with Gasteiger partial charge in [0.25, 0.3) is 5.91 Å².